The molecule has 1 saturated heterocycles. The molecule has 0 atom stereocenters. The third-order valence-electron chi connectivity index (χ3n) is 5.41. The second kappa shape index (κ2) is 11.2. The van der Waals surface area contributed by atoms with Crippen molar-refractivity contribution in [3.63, 3.8) is 0 Å². The lowest BCUT2D eigenvalue weighted by Crippen LogP contribution is -2.52. The van der Waals surface area contributed by atoms with E-state index in [0.29, 0.717) is 12.3 Å². The number of benzene rings is 2. The Kier molecular flexibility index (Phi) is 8.32. The van der Waals surface area contributed by atoms with Gasteiger partial charge in [0.15, 0.2) is 5.96 Å². The first-order valence-corrected chi connectivity index (χ1v) is 10.4. The number of guanidine groups is 1. The van der Waals surface area contributed by atoms with Crippen LogP contribution < -0.4 is 10.2 Å². The molecule has 1 aromatic heterocycles. The highest BCUT2D eigenvalue weighted by molar-refractivity contribution is 14.0. The van der Waals surface area contributed by atoms with E-state index in [2.05, 4.69) is 25.2 Å². The van der Waals surface area contributed by atoms with Gasteiger partial charge in [-0.05, 0) is 42.5 Å². The molecule has 0 saturated carbocycles. The van der Waals surface area contributed by atoms with Crippen LogP contribution in [-0.2, 0) is 6.42 Å². The van der Waals surface area contributed by atoms with E-state index in [9.17, 15) is 9.50 Å². The lowest BCUT2D eigenvalue weighted by Gasteiger charge is -2.37. The normalized spacial score (nSPS) is 14.2. The zero-order valence-corrected chi connectivity index (χ0v) is 20.3. The van der Waals surface area contributed by atoms with Gasteiger partial charge in [-0.25, -0.2) is 9.07 Å². The van der Waals surface area contributed by atoms with Crippen molar-refractivity contribution in [1.29, 1.82) is 0 Å². The summed E-state index contributed by atoms with van der Waals surface area (Å²) in [5.74, 6) is 0.932. The van der Waals surface area contributed by atoms with Gasteiger partial charge < -0.3 is 20.2 Å². The van der Waals surface area contributed by atoms with Crippen molar-refractivity contribution in [3.8, 4) is 11.4 Å². The number of nitrogens with zero attached hydrogens (tertiary/aromatic N) is 5. The summed E-state index contributed by atoms with van der Waals surface area (Å²) >= 11 is 0. The average Bonchev–Trinajstić information content (AvgIpc) is 3.27. The van der Waals surface area contributed by atoms with Crippen LogP contribution in [0.1, 0.15) is 5.69 Å². The fourth-order valence-corrected chi connectivity index (χ4v) is 3.76. The number of aromatic nitrogens is 2. The Morgan fingerprint density at radius 2 is 1.78 bits per heavy atom. The van der Waals surface area contributed by atoms with E-state index in [0.717, 1.165) is 55.6 Å². The predicted molar refractivity (Wildman–Crippen MR) is 136 cm³/mol. The minimum absolute atomic E-state index is 0. The summed E-state index contributed by atoms with van der Waals surface area (Å²) in [6.07, 6.45) is 2.64. The molecule has 0 amide bonds. The highest BCUT2D eigenvalue weighted by atomic mass is 127. The van der Waals surface area contributed by atoms with Crippen molar-refractivity contribution in [2.24, 2.45) is 4.99 Å². The van der Waals surface area contributed by atoms with Crippen molar-refractivity contribution in [2.45, 2.75) is 6.42 Å². The number of phenols is 1. The van der Waals surface area contributed by atoms with Crippen LogP contribution in [0.3, 0.4) is 0 Å². The molecule has 1 aliphatic heterocycles. The number of aromatic hydroxyl groups is 1. The average molecular weight is 550 g/mol. The fraction of sp³-hybridized carbons (Fsp3) is 0.304. The maximum Gasteiger partial charge on any atom is 0.193 e. The van der Waals surface area contributed by atoms with Gasteiger partial charge in [-0.1, -0.05) is 12.1 Å². The molecule has 1 fully saturated rings. The molecule has 2 N–H and O–H groups in total. The Hall–Kier alpha value is -2.82. The molecule has 2 aromatic carbocycles. The maximum absolute atomic E-state index is 13.1. The molecule has 9 heteroatoms. The summed E-state index contributed by atoms with van der Waals surface area (Å²) in [7, 11) is 1.79. The predicted octanol–water partition coefficient (Wildman–Crippen LogP) is 3.28. The highest BCUT2D eigenvalue weighted by Gasteiger charge is 2.21. The van der Waals surface area contributed by atoms with Crippen LogP contribution in [0, 0.1) is 5.82 Å². The lowest BCUT2D eigenvalue weighted by atomic mass is 10.2. The number of piperazine rings is 1. The largest absolute Gasteiger partial charge is 0.506 e. The number of phenolic OH excluding ortho intramolecular Hbond substituents is 1. The first-order chi connectivity index (χ1) is 15.1. The first kappa shape index (κ1) is 23.8. The monoisotopic (exact) mass is 550 g/mol. The van der Waals surface area contributed by atoms with E-state index >= 15 is 0 Å². The van der Waals surface area contributed by atoms with Gasteiger partial charge in [-0.15, -0.1) is 24.0 Å². The Labute approximate surface area is 204 Å². The maximum atomic E-state index is 13.1. The molecule has 0 bridgehead atoms. The number of hydrogen-bond acceptors (Lipinski definition) is 4. The third kappa shape index (κ3) is 5.70. The standard InChI is InChI=1S/C23H27FN6O.HI/c1-25-23(29-16-14-28(15-17-29)21-4-2-3-5-22(21)31)26-12-10-19-11-13-30(27-19)20-8-6-18(24)7-9-20;/h2-9,11,13,31H,10,12,14-17H2,1H3,(H,25,26);1H. The van der Waals surface area contributed by atoms with Crippen LogP contribution >= 0.6 is 24.0 Å². The molecule has 0 aliphatic carbocycles. The van der Waals surface area contributed by atoms with Crippen LogP contribution in [0.5, 0.6) is 5.75 Å². The number of halogens is 2. The molecule has 1 aliphatic rings. The fourth-order valence-electron chi connectivity index (χ4n) is 3.76. The van der Waals surface area contributed by atoms with Crippen molar-refractivity contribution in [1.82, 2.24) is 20.0 Å². The Balaban J connectivity index is 0.00000289. The second-order valence-electron chi connectivity index (χ2n) is 7.41. The topological polar surface area (TPSA) is 68.9 Å². The number of hydrogen-bond donors (Lipinski definition) is 2. The van der Waals surface area contributed by atoms with Gasteiger partial charge in [0.05, 0.1) is 17.1 Å². The SMILES string of the molecule is CN=C(NCCc1ccn(-c2ccc(F)cc2)n1)N1CCN(c2ccccc2O)CC1.I. The van der Waals surface area contributed by atoms with E-state index < -0.39 is 0 Å². The number of para-hydroxylation sites is 2. The van der Waals surface area contributed by atoms with E-state index in [1.165, 1.54) is 12.1 Å². The molecule has 32 heavy (non-hydrogen) atoms. The van der Waals surface area contributed by atoms with E-state index in [-0.39, 0.29) is 29.8 Å². The van der Waals surface area contributed by atoms with Gasteiger partial charge in [-0.2, -0.15) is 5.10 Å². The lowest BCUT2D eigenvalue weighted by molar-refractivity contribution is 0.370. The van der Waals surface area contributed by atoms with Crippen LogP contribution in [0.4, 0.5) is 10.1 Å². The molecular formula is C23H28FIN6O. The summed E-state index contributed by atoms with van der Waals surface area (Å²) in [4.78, 5) is 8.85. The van der Waals surface area contributed by atoms with Crippen molar-refractivity contribution in [2.75, 3.05) is 44.7 Å². The van der Waals surface area contributed by atoms with Gasteiger partial charge in [0.1, 0.15) is 11.6 Å². The molecule has 7 nitrogen and oxygen atoms in total. The summed E-state index contributed by atoms with van der Waals surface area (Å²) in [5, 5.41) is 18.1. The van der Waals surface area contributed by atoms with E-state index in [1.54, 1.807) is 29.9 Å². The minimum Gasteiger partial charge on any atom is -0.506 e. The van der Waals surface area contributed by atoms with E-state index in [1.807, 2.05) is 30.5 Å². The number of rotatable bonds is 5. The van der Waals surface area contributed by atoms with Gasteiger partial charge in [-0.3, -0.25) is 4.99 Å². The quantitative estimate of drug-likeness (QED) is 0.290. The summed E-state index contributed by atoms with van der Waals surface area (Å²) < 4.78 is 14.8. The zero-order valence-electron chi connectivity index (χ0n) is 18.0. The van der Waals surface area contributed by atoms with Crippen LogP contribution in [0.25, 0.3) is 5.69 Å². The molecule has 4 rings (SSSR count). The number of aliphatic imine (C=N–C) groups is 1. The molecule has 3 aromatic rings. The van der Waals surface area contributed by atoms with Crippen molar-refractivity contribution < 1.29 is 9.50 Å². The molecule has 0 unspecified atom stereocenters. The van der Waals surface area contributed by atoms with Crippen molar-refractivity contribution in [3.05, 3.63) is 72.3 Å². The Morgan fingerprint density at radius 1 is 1.06 bits per heavy atom. The summed E-state index contributed by atoms with van der Waals surface area (Å²) in [6.45, 7) is 4.01. The second-order valence-corrected chi connectivity index (χ2v) is 7.41. The Bertz CT molecular complexity index is 1030. The molecule has 0 radical (unpaired) electrons. The number of anilines is 1. The van der Waals surface area contributed by atoms with Crippen molar-refractivity contribution >= 4 is 35.6 Å². The van der Waals surface area contributed by atoms with Crippen LogP contribution in [-0.4, -0.2) is 65.5 Å². The zero-order chi connectivity index (χ0) is 21.6. The van der Waals surface area contributed by atoms with Gasteiger partial charge in [0.2, 0.25) is 0 Å². The van der Waals surface area contributed by atoms with Gasteiger partial charge in [0, 0.05) is 52.4 Å². The minimum atomic E-state index is -0.256. The van der Waals surface area contributed by atoms with Crippen LogP contribution in [0.15, 0.2) is 65.8 Å². The smallest absolute Gasteiger partial charge is 0.193 e. The third-order valence-corrected chi connectivity index (χ3v) is 5.41. The number of nitrogens with one attached hydrogen (secondary N) is 1. The van der Waals surface area contributed by atoms with Gasteiger partial charge in [0.25, 0.3) is 0 Å². The summed E-state index contributed by atoms with van der Waals surface area (Å²) in [5.41, 5.74) is 2.66. The van der Waals surface area contributed by atoms with Gasteiger partial charge >= 0.3 is 0 Å². The molecule has 0 spiro atoms. The highest BCUT2D eigenvalue weighted by Crippen LogP contribution is 2.27. The Morgan fingerprint density at radius 3 is 2.47 bits per heavy atom. The first-order valence-electron chi connectivity index (χ1n) is 10.4. The molecular weight excluding hydrogens is 522 g/mol. The van der Waals surface area contributed by atoms with E-state index in [4.69, 9.17) is 0 Å². The van der Waals surface area contributed by atoms with Crippen LogP contribution in [0.2, 0.25) is 0 Å². The molecule has 2 heterocycles. The molecule has 170 valence electrons. The summed E-state index contributed by atoms with van der Waals surface area (Å²) in [6, 6.07) is 15.7.